The van der Waals surface area contributed by atoms with Crippen molar-refractivity contribution in [1.82, 2.24) is 10.2 Å². The van der Waals surface area contributed by atoms with Gasteiger partial charge in [0.05, 0.1) is 13.3 Å². The maximum atomic E-state index is 5.78. The highest BCUT2D eigenvalue weighted by atomic mass is 16.5. The molecule has 1 unspecified atom stereocenters. The lowest BCUT2D eigenvalue weighted by molar-refractivity contribution is 0.0105. The number of piperidine rings is 1. The lowest BCUT2D eigenvalue weighted by Crippen LogP contribution is -2.43. The summed E-state index contributed by atoms with van der Waals surface area (Å²) in [4.78, 5) is 2.39. The minimum atomic E-state index is 0.447. The lowest BCUT2D eigenvalue weighted by atomic mass is 9.78. The molecule has 96 valence electrons. The average molecular weight is 228 g/mol. The quantitative estimate of drug-likeness (QED) is 0.743. The Labute approximate surface area is 101 Å². The van der Waals surface area contributed by atoms with Gasteiger partial charge in [-0.1, -0.05) is 20.8 Å². The minimum absolute atomic E-state index is 0.447. The summed E-state index contributed by atoms with van der Waals surface area (Å²) in [7, 11) is 0. The van der Waals surface area contributed by atoms with E-state index in [4.69, 9.17) is 4.74 Å². The van der Waals surface area contributed by atoms with E-state index in [2.05, 4.69) is 17.1 Å². The molecule has 2 saturated heterocycles. The van der Waals surface area contributed by atoms with Crippen LogP contribution in [0.2, 0.25) is 0 Å². The van der Waals surface area contributed by atoms with Crippen molar-refractivity contribution in [3.05, 3.63) is 0 Å². The maximum Gasteiger partial charge on any atom is 0.0990 e. The predicted molar refractivity (Wildman–Crippen MR) is 68.6 cm³/mol. The van der Waals surface area contributed by atoms with E-state index in [-0.39, 0.29) is 0 Å². The summed E-state index contributed by atoms with van der Waals surface area (Å²) in [6, 6.07) is 0. The molecule has 3 heteroatoms. The topological polar surface area (TPSA) is 24.5 Å². The molecule has 0 amide bonds. The van der Waals surface area contributed by atoms with E-state index in [9.17, 15) is 0 Å². The second-order valence-electron chi connectivity index (χ2n) is 4.72. The van der Waals surface area contributed by atoms with Gasteiger partial charge in [-0.2, -0.15) is 0 Å². The number of nitrogens with one attached hydrogen (secondary N) is 1. The van der Waals surface area contributed by atoms with Gasteiger partial charge in [-0.3, -0.25) is 4.90 Å². The molecule has 1 N–H and O–H groups in total. The Morgan fingerprint density at radius 1 is 1.31 bits per heavy atom. The van der Waals surface area contributed by atoms with E-state index in [1.165, 1.54) is 32.4 Å². The Morgan fingerprint density at radius 3 is 2.75 bits per heavy atom. The third-order valence-corrected chi connectivity index (χ3v) is 3.65. The van der Waals surface area contributed by atoms with Crippen LogP contribution in [0.25, 0.3) is 0 Å². The van der Waals surface area contributed by atoms with Gasteiger partial charge in [0.1, 0.15) is 0 Å². The molecule has 0 radical (unpaired) electrons. The summed E-state index contributed by atoms with van der Waals surface area (Å²) in [5, 5.41) is 3.51. The van der Waals surface area contributed by atoms with E-state index in [1.54, 1.807) is 0 Å². The largest absolute Gasteiger partial charge is 0.365 e. The first-order chi connectivity index (χ1) is 7.85. The fraction of sp³-hybridized carbons (Fsp3) is 1.00. The monoisotopic (exact) mass is 228 g/mol. The zero-order chi connectivity index (χ0) is 11.9. The van der Waals surface area contributed by atoms with E-state index in [0.29, 0.717) is 5.41 Å². The zero-order valence-corrected chi connectivity index (χ0v) is 11.2. The smallest absolute Gasteiger partial charge is 0.0990 e. The average Bonchev–Trinajstić information content (AvgIpc) is 2.56. The Balaban J connectivity index is 0.000000606. The third kappa shape index (κ3) is 3.72. The summed E-state index contributed by atoms with van der Waals surface area (Å²) in [5.41, 5.74) is 0.447. The summed E-state index contributed by atoms with van der Waals surface area (Å²) in [5.74, 6) is 0. The molecular formula is C13H28N2O. The van der Waals surface area contributed by atoms with Crippen LogP contribution in [-0.2, 0) is 4.74 Å². The minimum Gasteiger partial charge on any atom is -0.365 e. The van der Waals surface area contributed by atoms with Crippen LogP contribution in [0.3, 0.4) is 0 Å². The van der Waals surface area contributed by atoms with E-state index < -0.39 is 0 Å². The third-order valence-electron chi connectivity index (χ3n) is 3.65. The first kappa shape index (κ1) is 13.9. The van der Waals surface area contributed by atoms with Crippen LogP contribution < -0.4 is 5.32 Å². The normalized spacial score (nSPS) is 31.7. The van der Waals surface area contributed by atoms with Gasteiger partial charge in [-0.15, -0.1) is 0 Å². The van der Waals surface area contributed by atoms with Gasteiger partial charge >= 0.3 is 0 Å². The van der Waals surface area contributed by atoms with E-state index >= 15 is 0 Å². The molecule has 1 atom stereocenters. The SMILES string of the molecule is CC.CCN1CCC2(CCCNC2)COC1. The molecule has 3 nitrogen and oxygen atoms in total. The molecule has 2 fully saturated rings. The first-order valence-corrected chi connectivity index (χ1v) is 6.85. The molecule has 0 aromatic carbocycles. The van der Waals surface area contributed by atoms with Gasteiger partial charge in [0.2, 0.25) is 0 Å². The molecule has 0 aromatic heterocycles. The molecule has 2 aliphatic heterocycles. The number of rotatable bonds is 1. The highest BCUT2D eigenvalue weighted by Gasteiger charge is 2.34. The fourth-order valence-electron chi connectivity index (χ4n) is 2.54. The van der Waals surface area contributed by atoms with Crippen LogP contribution in [0, 0.1) is 5.41 Å². The number of hydrogen-bond acceptors (Lipinski definition) is 3. The predicted octanol–water partition coefficient (Wildman–Crippen LogP) is 2.08. The van der Waals surface area contributed by atoms with E-state index in [1.807, 2.05) is 13.8 Å². The van der Waals surface area contributed by atoms with Crippen molar-refractivity contribution in [2.45, 2.75) is 40.0 Å². The highest BCUT2D eigenvalue weighted by molar-refractivity contribution is 4.87. The lowest BCUT2D eigenvalue weighted by Gasteiger charge is -2.36. The highest BCUT2D eigenvalue weighted by Crippen LogP contribution is 2.32. The van der Waals surface area contributed by atoms with Crippen molar-refractivity contribution in [2.75, 3.05) is 39.5 Å². The molecule has 16 heavy (non-hydrogen) atoms. The van der Waals surface area contributed by atoms with Crippen LogP contribution in [0.15, 0.2) is 0 Å². The van der Waals surface area contributed by atoms with Crippen LogP contribution in [-0.4, -0.2) is 44.4 Å². The van der Waals surface area contributed by atoms with Crippen molar-refractivity contribution in [3.63, 3.8) is 0 Å². The van der Waals surface area contributed by atoms with Gasteiger partial charge in [0.25, 0.3) is 0 Å². The van der Waals surface area contributed by atoms with Crippen molar-refractivity contribution in [2.24, 2.45) is 5.41 Å². The molecule has 2 heterocycles. The van der Waals surface area contributed by atoms with Crippen LogP contribution >= 0.6 is 0 Å². The molecular weight excluding hydrogens is 200 g/mol. The molecule has 1 spiro atoms. The molecule has 0 aromatic rings. The summed E-state index contributed by atoms with van der Waals surface area (Å²) >= 11 is 0. The van der Waals surface area contributed by atoms with Crippen LogP contribution in [0.1, 0.15) is 40.0 Å². The summed E-state index contributed by atoms with van der Waals surface area (Å²) in [6.07, 6.45) is 3.96. The standard InChI is InChI=1S/C11H22N2O.C2H6/c1-2-13-7-5-11(9-14-10-13)4-3-6-12-8-11;1-2/h12H,2-10H2,1H3;1-2H3. The van der Waals surface area contributed by atoms with Crippen LogP contribution in [0.5, 0.6) is 0 Å². The Kier molecular flexibility index (Phi) is 6.32. The Morgan fingerprint density at radius 2 is 2.12 bits per heavy atom. The molecule has 0 bridgehead atoms. The van der Waals surface area contributed by atoms with Crippen molar-refractivity contribution in [3.8, 4) is 0 Å². The van der Waals surface area contributed by atoms with Gasteiger partial charge in [-0.25, -0.2) is 0 Å². The Bertz CT molecular complexity index is 179. The van der Waals surface area contributed by atoms with Gasteiger partial charge < -0.3 is 10.1 Å². The molecule has 0 saturated carbocycles. The molecule has 2 aliphatic rings. The van der Waals surface area contributed by atoms with Crippen molar-refractivity contribution in [1.29, 1.82) is 0 Å². The maximum absolute atomic E-state index is 5.78. The fourth-order valence-corrected chi connectivity index (χ4v) is 2.54. The summed E-state index contributed by atoms with van der Waals surface area (Å²) in [6.45, 7) is 12.7. The van der Waals surface area contributed by atoms with Crippen molar-refractivity contribution < 1.29 is 4.74 Å². The number of hydrogen-bond donors (Lipinski definition) is 1. The second kappa shape index (κ2) is 7.25. The van der Waals surface area contributed by atoms with Crippen molar-refractivity contribution >= 4 is 0 Å². The van der Waals surface area contributed by atoms with Gasteiger partial charge in [0, 0.05) is 18.5 Å². The molecule has 0 aliphatic carbocycles. The number of ether oxygens (including phenoxy) is 1. The summed E-state index contributed by atoms with van der Waals surface area (Å²) < 4.78 is 5.78. The number of nitrogens with zero attached hydrogens (tertiary/aromatic N) is 1. The first-order valence-electron chi connectivity index (χ1n) is 6.85. The van der Waals surface area contributed by atoms with Crippen LogP contribution in [0.4, 0.5) is 0 Å². The zero-order valence-electron chi connectivity index (χ0n) is 11.2. The molecule has 2 rings (SSSR count). The van der Waals surface area contributed by atoms with Gasteiger partial charge in [-0.05, 0) is 32.4 Å². The van der Waals surface area contributed by atoms with E-state index in [0.717, 1.165) is 26.4 Å². The second-order valence-corrected chi connectivity index (χ2v) is 4.72. The Hall–Kier alpha value is -0.120. The van der Waals surface area contributed by atoms with Gasteiger partial charge in [0.15, 0.2) is 0 Å².